The van der Waals surface area contributed by atoms with Crippen LogP contribution >= 0.6 is 23.2 Å². The summed E-state index contributed by atoms with van der Waals surface area (Å²) in [5.74, 6) is 0.379. The highest BCUT2D eigenvalue weighted by atomic mass is 35.5. The van der Waals surface area contributed by atoms with Crippen LogP contribution in [0.1, 0.15) is 0 Å². The van der Waals surface area contributed by atoms with Crippen molar-refractivity contribution in [3.63, 3.8) is 0 Å². The number of rotatable bonds is 7. The molecule has 0 fully saturated rings. The summed E-state index contributed by atoms with van der Waals surface area (Å²) in [6.45, 7) is 1.06. The molecule has 0 aromatic heterocycles. The number of halogens is 2. The summed E-state index contributed by atoms with van der Waals surface area (Å²) in [6, 6.07) is 5.07. The average molecular weight is 294 g/mol. The van der Waals surface area contributed by atoms with Crippen molar-refractivity contribution in [1.29, 1.82) is 0 Å². The molecule has 0 spiro atoms. The standard InChI is InChI=1S/C12H17Cl2NO3/c1-15(5-6-16)7-9(17)8-18-12-10(13)3-2-4-11(12)14/h2-4,9,16-17H,5-8H2,1H3/t9-/m0/s1. The van der Waals surface area contributed by atoms with Gasteiger partial charge in [0.15, 0.2) is 5.75 Å². The first-order valence-electron chi connectivity index (χ1n) is 5.59. The molecule has 0 saturated carbocycles. The van der Waals surface area contributed by atoms with Crippen LogP contribution in [0, 0.1) is 0 Å². The normalized spacial score (nSPS) is 12.8. The lowest BCUT2D eigenvalue weighted by Gasteiger charge is -2.20. The van der Waals surface area contributed by atoms with Crippen LogP contribution in [-0.2, 0) is 0 Å². The number of ether oxygens (including phenoxy) is 1. The molecule has 0 radical (unpaired) electrons. The summed E-state index contributed by atoms with van der Waals surface area (Å²) in [6.07, 6.45) is -0.672. The SMILES string of the molecule is CN(CCO)C[C@H](O)COc1c(Cl)cccc1Cl. The Morgan fingerprint density at radius 3 is 2.50 bits per heavy atom. The lowest BCUT2D eigenvalue weighted by molar-refractivity contribution is 0.0711. The first-order chi connectivity index (χ1) is 8.54. The lowest BCUT2D eigenvalue weighted by Crippen LogP contribution is -2.34. The van der Waals surface area contributed by atoms with E-state index in [1.807, 2.05) is 11.9 Å². The third kappa shape index (κ3) is 5.00. The molecule has 0 aliphatic heterocycles. The number of hydrogen-bond donors (Lipinski definition) is 2. The smallest absolute Gasteiger partial charge is 0.156 e. The molecule has 0 heterocycles. The average Bonchev–Trinajstić information content (AvgIpc) is 2.28. The number of aliphatic hydroxyl groups excluding tert-OH is 2. The fourth-order valence-electron chi connectivity index (χ4n) is 1.47. The van der Waals surface area contributed by atoms with E-state index in [-0.39, 0.29) is 13.2 Å². The van der Waals surface area contributed by atoms with Gasteiger partial charge in [0.2, 0.25) is 0 Å². The van der Waals surface area contributed by atoms with Crippen LogP contribution in [0.5, 0.6) is 5.75 Å². The van der Waals surface area contributed by atoms with Gasteiger partial charge in [0, 0.05) is 13.1 Å². The van der Waals surface area contributed by atoms with Gasteiger partial charge in [0.05, 0.1) is 16.7 Å². The maximum atomic E-state index is 9.75. The largest absolute Gasteiger partial charge is 0.488 e. The van der Waals surface area contributed by atoms with E-state index in [4.69, 9.17) is 33.0 Å². The number of nitrogens with zero attached hydrogens (tertiary/aromatic N) is 1. The third-order valence-corrected chi connectivity index (χ3v) is 2.94. The fourth-order valence-corrected chi connectivity index (χ4v) is 1.98. The quantitative estimate of drug-likeness (QED) is 0.803. The Balaban J connectivity index is 2.45. The maximum Gasteiger partial charge on any atom is 0.156 e. The zero-order valence-electron chi connectivity index (χ0n) is 10.1. The molecule has 0 aliphatic carbocycles. The molecule has 6 heteroatoms. The molecule has 102 valence electrons. The van der Waals surface area contributed by atoms with Gasteiger partial charge >= 0.3 is 0 Å². The highest BCUT2D eigenvalue weighted by molar-refractivity contribution is 6.37. The second-order valence-electron chi connectivity index (χ2n) is 4.00. The molecule has 0 unspecified atom stereocenters. The molecule has 0 aliphatic rings. The minimum Gasteiger partial charge on any atom is -0.488 e. The summed E-state index contributed by atoms with van der Waals surface area (Å²) in [4.78, 5) is 1.81. The van der Waals surface area contributed by atoms with Crippen LogP contribution in [0.15, 0.2) is 18.2 Å². The van der Waals surface area contributed by atoms with Crippen molar-refractivity contribution in [2.45, 2.75) is 6.10 Å². The van der Waals surface area contributed by atoms with Crippen molar-refractivity contribution in [2.24, 2.45) is 0 Å². The summed E-state index contributed by atoms with van der Waals surface area (Å²) >= 11 is 11.9. The molecule has 1 rings (SSSR count). The van der Waals surface area contributed by atoms with Gasteiger partial charge < -0.3 is 19.8 Å². The van der Waals surface area contributed by atoms with Gasteiger partial charge in [-0.25, -0.2) is 0 Å². The first-order valence-corrected chi connectivity index (χ1v) is 6.34. The number of benzene rings is 1. The Morgan fingerprint density at radius 1 is 1.33 bits per heavy atom. The minimum atomic E-state index is -0.672. The van der Waals surface area contributed by atoms with Gasteiger partial charge in [-0.2, -0.15) is 0 Å². The number of hydrogen-bond acceptors (Lipinski definition) is 4. The Morgan fingerprint density at radius 2 is 1.94 bits per heavy atom. The van der Waals surface area contributed by atoms with E-state index >= 15 is 0 Å². The highest BCUT2D eigenvalue weighted by Gasteiger charge is 2.12. The Kier molecular flexibility index (Phi) is 6.75. The number of aliphatic hydroxyl groups is 2. The predicted molar refractivity (Wildman–Crippen MR) is 72.5 cm³/mol. The fraction of sp³-hybridized carbons (Fsp3) is 0.500. The van der Waals surface area contributed by atoms with E-state index in [1.54, 1.807) is 18.2 Å². The summed E-state index contributed by atoms with van der Waals surface area (Å²) < 4.78 is 5.41. The van der Waals surface area contributed by atoms with Crippen LogP contribution in [0.3, 0.4) is 0 Å². The second-order valence-corrected chi connectivity index (χ2v) is 4.82. The van der Waals surface area contributed by atoms with Crippen molar-refractivity contribution in [1.82, 2.24) is 4.90 Å². The Hall–Kier alpha value is -0.520. The van der Waals surface area contributed by atoms with E-state index in [2.05, 4.69) is 0 Å². The molecule has 0 amide bonds. The van der Waals surface area contributed by atoms with Gasteiger partial charge in [-0.05, 0) is 19.2 Å². The van der Waals surface area contributed by atoms with Crippen LogP contribution in [0.25, 0.3) is 0 Å². The van der Waals surface area contributed by atoms with Crippen LogP contribution < -0.4 is 4.74 Å². The lowest BCUT2D eigenvalue weighted by atomic mass is 10.3. The first kappa shape index (κ1) is 15.5. The minimum absolute atomic E-state index is 0.0560. The van der Waals surface area contributed by atoms with E-state index in [9.17, 15) is 5.11 Å². The monoisotopic (exact) mass is 293 g/mol. The summed E-state index contributed by atoms with van der Waals surface area (Å²) in [7, 11) is 1.81. The highest BCUT2D eigenvalue weighted by Crippen LogP contribution is 2.32. The van der Waals surface area contributed by atoms with Crippen molar-refractivity contribution < 1.29 is 14.9 Å². The zero-order chi connectivity index (χ0) is 13.5. The molecule has 1 aromatic carbocycles. The molecule has 1 aromatic rings. The maximum absolute atomic E-state index is 9.75. The topological polar surface area (TPSA) is 52.9 Å². The summed E-state index contributed by atoms with van der Waals surface area (Å²) in [5.41, 5.74) is 0. The van der Waals surface area contributed by atoms with Gasteiger partial charge in [-0.1, -0.05) is 29.3 Å². The van der Waals surface area contributed by atoms with Crippen molar-refractivity contribution in [3.05, 3.63) is 28.2 Å². The molecule has 1 atom stereocenters. The van der Waals surface area contributed by atoms with Crippen molar-refractivity contribution >= 4 is 23.2 Å². The van der Waals surface area contributed by atoms with Gasteiger partial charge in [-0.15, -0.1) is 0 Å². The molecular weight excluding hydrogens is 277 g/mol. The van der Waals surface area contributed by atoms with Crippen LogP contribution in [0.4, 0.5) is 0 Å². The predicted octanol–water partition coefficient (Wildman–Crippen LogP) is 1.66. The van der Waals surface area contributed by atoms with Gasteiger partial charge in [0.25, 0.3) is 0 Å². The summed E-state index contributed by atoms with van der Waals surface area (Å²) in [5, 5.41) is 19.3. The molecular formula is C12H17Cl2NO3. The third-order valence-electron chi connectivity index (χ3n) is 2.34. The van der Waals surface area contributed by atoms with Crippen LogP contribution in [0.2, 0.25) is 10.0 Å². The van der Waals surface area contributed by atoms with Gasteiger partial charge in [-0.3, -0.25) is 0 Å². The van der Waals surface area contributed by atoms with Crippen molar-refractivity contribution in [2.75, 3.05) is 33.4 Å². The number of likely N-dealkylation sites (N-methyl/N-ethyl adjacent to an activating group) is 1. The van der Waals surface area contributed by atoms with E-state index < -0.39 is 6.10 Å². The molecule has 2 N–H and O–H groups in total. The van der Waals surface area contributed by atoms with Gasteiger partial charge in [0.1, 0.15) is 12.7 Å². The van der Waals surface area contributed by atoms with E-state index in [0.717, 1.165) is 0 Å². The van der Waals surface area contributed by atoms with Crippen molar-refractivity contribution in [3.8, 4) is 5.75 Å². The van der Waals surface area contributed by atoms with Crippen LogP contribution in [-0.4, -0.2) is 54.6 Å². The second kappa shape index (κ2) is 7.81. The zero-order valence-corrected chi connectivity index (χ0v) is 11.7. The number of para-hydroxylation sites is 1. The molecule has 0 bridgehead atoms. The molecule has 0 saturated heterocycles. The van der Waals surface area contributed by atoms with E-state index in [0.29, 0.717) is 28.9 Å². The molecule has 4 nitrogen and oxygen atoms in total. The Bertz CT molecular complexity index is 356. The Labute approximate surface area is 117 Å². The van der Waals surface area contributed by atoms with E-state index in [1.165, 1.54) is 0 Å². The molecule has 18 heavy (non-hydrogen) atoms.